The first-order chi connectivity index (χ1) is 16.1. The van der Waals surface area contributed by atoms with Crippen LogP contribution in [0.1, 0.15) is 25.8 Å². The summed E-state index contributed by atoms with van der Waals surface area (Å²) >= 11 is 0. The van der Waals surface area contributed by atoms with E-state index in [9.17, 15) is 9.90 Å². The molecule has 10 nitrogen and oxygen atoms in total. The number of nitrogens with zero attached hydrogens (tertiary/aromatic N) is 7. The van der Waals surface area contributed by atoms with Gasteiger partial charge in [0.2, 0.25) is 0 Å². The average molecular weight is 442 g/mol. The van der Waals surface area contributed by atoms with Crippen molar-refractivity contribution in [2.24, 2.45) is 0 Å². The van der Waals surface area contributed by atoms with E-state index in [0.717, 1.165) is 51.7 Å². The van der Waals surface area contributed by atoms with E-state index in [0.29, 0.717) is 18.6 Å². The number of aliphatic hydroxyl groups is 1. The molecule has 2 N–H and O–H groups in total. The highest BCUT2D eigenvalue weighted by atomic mass is 16.3. The molecule has 1 fully saturated rings. The first kappa shape index (κ1) is 19.7. The third kappa shape index (κ3) is 3.30. The molecule has 0 bridgehead atoms. The molecule has 0 unspecified atom stereocenters. The third-order valence-corrected chi connectivity index (χ3v) is 6.32. The minimum atomic E-state index is -0.980. The van der Waals surface area contributed by atoms with Crippen molar-refractivity contribution in [2.75, 3.05) is 13.1 Å². The van der Waals surface area contributed by atoms with Crippen LogP contribution in [-0.2, 0) is 4.79 Å². The Morgan fingerprint density at radius 2 is 2.00 bits per heavy atom. The number of piperidine rings is 1. The van der Waals surface area contributed by atoms with Crippen LogP contribution >= 0.6 is 0 Å². The number of amides is 1. The zero-order chi connectivity index (χ0) is 22.5. The van der Waals surface area contributed by atoms with Crippen molar-refractivity contribution in [1.82, 2.24) is 39.8 Å². The number of pyridine rings is 3. The van der Waals surface area contributed by atoms with E-state index in [1.54, 1.807) is 11.1 Å². The van der Waals surface area contributed by atoms with Crippen LogP contribution in [0, 0.1) is 0 Å². The highest BCUT2D eigenvalue weighted by Crippen LogP contribution is 2.30. The maximum Gasteiger partial charge on any atom is 0.251 e. The van der Waals surface area contributed by atoms with Crippen LogP contribution in [-0.4, -0.2) is 70.0 Å². The van der Waals surface area contributed by atoms with E-state index in [2.05, 4.69) is 31.3 Å². The Hall–Kier alpha value is -3.92. The summed E-state index contributed by atoms with van der Waals surface area (Å²) in [7, 11) is 0. The van der Waals surface area contributed by atoms with Gasteiger partial charge in [0.25, 0.3) is 5.91 Å². The maximum atomic E-state index is 12.1. The Morgan fingerprint density at radius 1 is 1.15 bits per heavy atom. The summed E-state index contributed by atoms with van der Waals surface area (Å²) in [6.45, 7) is 2.64. The van der Waals surface area contributed by atoms with Crippen LogP contribution in [0.4, 0.5) is 0 Å². The number of nitrogens with one attached hydrogen (secondary N) is 1. The Labute approximate surface area is 188 Å². The van der Waals surface area contributed by atoms with Crippen molar-refractivity contribution >= 4 is 39.0 Å². The van der Waals surface area contributed by atoms with Gasteiger partial charge in [-0.05, 0) is 44.0 Å². The van der Waals surface area contributed by atoms with Crippen LogP contribution < -0.4 is 0 Å². The second-order valence-electron chi connectivity index (χ2n) is 8.46. The number of likely N-dealkylation sites (tertiary alicyclic amines) is 1. The second kappa shape index (κ2) is 7.59. The van der Waals surface area contributed by atoms with E-state index in [1.165, 1.54) is 6.92 Å². The van der Waals surface area contributed by atoms with Crippen molar-refractivity contribution in [3.63, 3.8) is 0 Å². The topological polar surface area (TPSA) is 126 Å². The van der Waals surface area contributed by atoms with Gasteiger partial charge in [0.1, 0.15) is 28.3 Å². The largest absolute Gasteiger partial charge is 0.384 e. The molecule has 0 aliphatic carbocycles. The molecule has 5 aromatic rings. The highest BCUT2D eigenvalue weighted by Gasteiger charge is 2.28. The molecule has 5 aromatic heterocycles. The van der Waals surface area contributed by atoms with Gasteiger partial charge in [0.15, 0.2) is 0 Å². The van der Waals surface area contributed by atoms with Crippen molar-refractivity contribution in [3.8, 4) is 11.3 Å². The number of hydrogen-bond acceptors (Lipinski definition) is 7. The molecule has 6 heterocycles. The number of carbonyl (C=O) groups is 1. The van der Waals surface area contributed by atoms with Crippen LogP contribution in [0.25, 0.3) is 44.4 Å². The van der Waals surface area contributed by atoms with Crippen molar-refractivity contribution in [3.05, 3.63) is 42.9 Å². The number of aromatic nitrogens is 7. The molecule has 6 rings (SSSR count). The summed E-state index contributed by atoms with van der Waals surface area (Å²) in [5.41, 5.74) is 5.61. The van der Waals surface area contributed by atoms with Crippen LogP contribution in [0.3, 0.4) is 0 Å². The molecule has 0 spiro atoms. The fourth-order valence-electron chi connectivity index (χ4n) is 4.57. The number of fused-ring (bicyclic) bond motifs is 4. The van der Waals surface area contributed by atoms with Crippen LogP contribution in [0.5, 0.6) is 0 Å². The molecule has 1 atom stereocenters. The first-order valence-electron chi connectivity index (χ1n) is 11.0. The van der Waals surface area contributed by atoms with Gasteiger partial charge >= 0.3 is 0 Å². The fourth-order valence-corrected chi connectivity index (χ4v) is 4.57. The van der Waals surface area contributed by atoms with Gasteiger partial charge in [-0.2, -0.15) is 0 Å². The lowest BCUT2D eigenvalue weighted by molar-refractivity contribution is -0.140. The van der Waals surface area contributed by atoms with Gasteiger partial charge in [-0.15, -0.1) is 5.10 Å². The molecular formula is C23H22N8O2. The predicted molar refractivity (Wildman–Crippen MR) is 122 cm³/mol. The number of H-pyrrole nitrogens is 1. The molecule has 1 aliphatic rings. The summed E-state index contributed by atoms with van der Waals surface area (Å²) in [6.07, 6.45) is 5.88. The number of aromatic amines is 1. The molecular weight excluding hydrogens is 420 g/mol. The van der Waals surface area contributed by atoms with Gasteiger partial charge in [0, 0.05) is 36.4 Å². The Balaban J connectivity index is 1.40. The predicted octanol–water partition coefficient (Wildman–Crippen LogP) is 2.46. The van der Waals surface area contributed by atoms with E-state index < -0.39 is 6.10 Å². The monoisotopic (exact) mass is 442 g/mol. The zero-order valence-corrected chi connectivity index (χ0v) is 18.0. The van der Waals surface area contributed by atoms with E-state index in [1.807, 2.05) is 35.3 Å². The standard InChI is InChI=1S/C23H22N8O2/c1-13(32)23(33)30-8-5-16(6-9-30)31-21-19(28-29-31)12-25-18-3-2-17(27-20(18)21)15-10-14-4-7-24-22(14)26-11-15/h2-4,7,10-13,16,32H,5-6,8-9H2,1H3,(H,24,26)/t13-/m0/s1. The number of carbonyl (C=O) groups excluding carboxylic acids is 1. The fraction of sp³-hybridized carbons (Fsp3) is 0.304. The summed E-state index contributed by atoms with van der Waals surface area (Å²) in [5.74, 6) is -0.231. The van der Waals surface area contributed by atoms with Crippen LogP contribution in [0.2, 0.25) is 0 Å². The quantitative estimate of drug-likeness (QED) is 0.440. The summed E-state index contributed by atoms with van der Waals surface area (Å²) < 4.78 is 1.92. The second-order valence-corrected chi connectivity index (χ2v) is 8.46. The molecule has 0 saturated carbocycles. The minimum absolute atomic E-state index is 0.0852. The Kier molecular flexibility index (Phi) is 4.54. The lowest BCUT2D eigenvalue weighted by Gasteiger charge is -2.32. The molecule has 1 aliphatic heterocycles. The Morgan fingerprint density at radius 3 is 2.82 bits per heavy atom. The summed E-state index contributed by atoms with van der Waals surface area (Å²) in [6, 6.07) is 8.04. The molecule has 166 valence electrons. The SMILES string of the molecule is C[C@H](O)C(=O)N1CCC(n2nnc3cnc4ccc(-c5cnc6[nH]ccc6c5)nc4c32)CC1. The summed E-state index contributed by atoms with van der Waals surface area (Å²) in [5, 5.41) is 19.4. The lowest BCUT2D eigenvalue weighted by atomic mass is 10.0. The van der Waals surface area contributed by atoms with Crippen molar-refractivity contribution < 1.29 is 9.90 Å². The van der Waals surface area contributed by atoms with E-state index in [4.69, 9.17) is 4.98 Å². The molecule has 10 heteroatoms. The van der Waals surface area contributed by atoms with E-state index >= 15 is 0 Å². The van der Waals surface area contributed by atoms with Gasteiger partial charge in [-0.3, -0.25) is 9.78 Å². The highest BCUT2D eigenvalue weighted by molar-refractivity contribution is 6.00. The first-order valence-corrected chi connectivity index (χ1v) is 11.0. The molecule has 0 radical (unpaired) electrons. The number of aliphatic hydroxyl groups excluding tert-OH is 1. The van der Waals surface area contributed by atoms with Crippen molar-refractivity contribution in [2.45, 2.75) is 31.9 Å². The van der Waals surface area contributed by atoms with Crippen molar-refractivity contribution in [1.29, 1.82) is 0 Å². The average Bonchev–Trinajstić information content (AvgIpc) is 3.50. The molecule has 0 aromatic carbocycles. The molecule has 33 heavy (non-hydrogen) atoms. The Bertz CT molecular complexity index is 1500. The van der Waals surface area contributed by atoms with Crippen LogP contribution in [0.15, 0.2) is 42.9 Å². The van der Waals surface area contributed by atoms with Gasteiger partial charge in [0.05, 0.1) is 23.4 Å². The van der Waals surface area contributed by atoms with Gasteiger partial charge in [-0.1, -0.05) is 5.21 Å². The maximum absolute atomic E-state index is 12.1. The zero-order valence-electron chi connectivity index (χ0n) is 18.0. The normalized spacial score (nSPS) is 16.1. The van der Waals surface area contributed by atoms with Gasteiger partial charge < -0.3 is 15.0 Å². The third-order valence-electron chi connectivity index (χ3n) is 6.32. The van der Waals surface area contributed by atoms with Gasteiger partial charge in [-0.25, -0.2) is 14.6 Å². The minimum Gasteiger partial charge on any atom is -0.384 e. The summed E-state index contributed by atoms with van der Waals surface area (Å²) in [4.78, 5) is 30.9. The lowest BCUT2D eigenvalue weighted by Crippen LogP contribution is -2.43. The smallest absolute Gasteiger partial charge is 0.251 e. The molecule has 1 saturated heterocycles. The number of hydrogen-bond donors (Lipinski definition) is 2. The number of rotatable bonds is 3. The van der Waals surface area contributed by atoms with E-state index in [-0.39, 0.29) is 11.9 Å². The molecule has 1 amide bonds.